The van der Waals surface area contributed by atoms with Crippen LogP contribution < -0.4 is 11.1 Å². The molecule has 1 saturated heterocycles. The molecule has 1 aromatic carbocycles. The zero-order valence-electron chi connectivity index (χ0n) is 13.9. The molecule has 0 spiro atoms. The lowest BCUT2D eigenvalue weighted by molar-refractivity contribution is -0.0828. The third-order valence-electron chi connectivity index (χ3n) is 5.03. The fourth-order valence-corrected chi connectivity index (χ4v) is 3.48. The molecule has 126 valence electrons. The second-order valence-corrected chi connectivity index (χ2v) is 6.48. The molecule has 0 atom stereocenters. The van der Waals surface area contributed by atoms with Crippen LogP contribution in [0.3, 0.4) is 0 Å². The van der Waals surface area contributed by atoms with E-state index in [1.54, 1.807) is 7.11 Å². The first kappa shape index (κ1) is 16.3. The summed E-state index contributed by atoms with van der Waals surface area (Å²) < 4.78 is 11.1. The summed E-state index contributed by atoms with van der Waals surface area (Å²) in [5, 5.41) is 3.29. The van der Waals surface area contributed by atoms with Gasteiger partial charge >= 0.3 is 0 Å². The monoisotopic (exact) mass is 317 g/mol. The Balaban J connectivity index is 1.68. The van der Waals surface area contributed by atoms with Crippen molar-refractivity contribution in [2.75, 3.05) is 32.2 Å². The van der Waals surface area contributed by atoms with E-state index in [-0.39, 0.29) is 5.60 Å². The lowest BCUT2D eigenvalue weighted by atomic mass is 9.90. The molecule has 1 aliphatic heterocycles. The number of anilines is 1. The third-order valence-corrected chi connectivity index (χ3v) is 5.03. The van der Waals surface area contributed by atoms with Gasteiger partial charge in [0.1, 0.15) is 0 Å². The zero-order valence-corrected chi connectivity index (χ0v) is 13.9. The molecule has 3 rings (SSSR count). The molecule has 1 heterocycles. The van der Waals surface area contributed by atoms with Crippen LogP contribution in [0.1, 0.15) is 36.8 Å². The van der Waals surface area contributed by atoms with Crippen LogP contribution in [0.25, 0.3) is 0 Å². The Hall–Kier alpha value is -1.59. The first-order valence-corrected chi connectivity index (χ1v) is 8.53. The summed E-state index contributed by atoms with van der Waals surface area (Å²) in [5.74, 6) is 0.465. The molecule has 0 unspecified atom stereocenters. The average molecular weight is 317 g/mol. The SMILES string of the molecule is COC1(CN=C(N)Nc2cccc3c2CCCC3)CCOCC1. The van der Waals surface area contributed by atoms with Crippen LogP contribution >= 0.6 is 0 Å². The highest BCUT2D eigenvalue weighted by Gasteiger charge is 2.32. The second-order valence-electron chi connectivity index (χ2n) is 6.48. The molecule has 3 N–H and O–H groups in total. The van der Waals surface area contributed by atoms with Crippen LogP contribution in [0.4, 0.5) is 5.69 Å². The van der Waals surface area contributed by atoms with Gasteiger partial charge in [-0.25, -0.2) is 0 Å². The van der Waals surface area contributed by atoms with E-state index in [1.807, 2.05) is 0 Å². The van der Waals surface area contributed by atoms with Crippen molar-refractivity contribution in [3.63, 3.8) is 0 Å². The summed E-state index contributed by atoms with van der Waals surface area (Å²) in [6, 6.07) is 6.40. The molecule has 5 heteroatoms. The minimum atomic E-state index is -0.235. The smallest absolute Gasteiger partial charge is 0.193 e. The number of benzene rings is 1. The predicted molar refractivity (Wildman–Crippen MR) is 93.0 cm³/mol. The van der Waals surface area contributed by atoms with E-state index < -0.39 is 0 Å². The van der Waals surface area contributed by atoms with E-state index in [0.717, 1.165) is 44.6 Å². The van der Waals surface area contributed by atoms with E-state index in [0.29, 0.717) is 12.5 Å². The fourth-order valence-electron chi connectivity index (χ4n) is 3.48. The maximum absolute atomic E-state index is 6.12. The number of hydrogen-bond acceptors (Lipinski definition) is 3. The van der Waals surface area contributed by atoms with Crippen molar-refractivity contribution in [3.05, 3.63) is 29.3 Å². The maximum Gasteiger partial charge on any atom is 0.193 e. The highest BCUT2D eigenvalue weighted by Crippen LogP contribution is 2.28. The van der Waals surface area contributed by atoms with Crippen molar-refractivity contribution in [1.82, 2.24) is 0 Å². The van der Waals surface area contributed by atoms with Crippen LogP contribution in [0.5, 0.6) is 0 Å². The van der Waals surface area contributed by atoms with Crippen LogP contribution in [-0.2, 0) is 22.3 Å². The molecule has 0 bridgehead atoms. The zero-order chi connectivity index (χ0) is 16.1. The molecule has 0 radical (unpaired) electrons. The highest BCUT2D eigenvalue weighted by molar-refractivity contribution is 5.93. The molecule has 0 amide bonds. The lowest BCUT2D eigenvalue weighted by Crippen LogP contribution is -2.42. The van der Waals surface area contributed by atoms with Gasteiger partial charge in [0.25, 0.3) is 0 Å². The Labute approximate surface area is 138 Å². The number of nitrogens with one attached hydrogen (secondary N) is 1. The van der Waals surface area contributed by atoms with Gasteiger partial charge in [-0.1, -0.05) is 12.1 Å². The minimum Gasteiger partial charge on any atom is -0.381 e. The van der Waals surface area contributed by atoms with Crippen molar-refractivity contribution in [3.8, 4) is 0 Å². The maximum atomic E-state index is 6.12. The van der Waals surface area contributed by atoms with Gasteiger partial charge in [-0.05, 0) is 42.9 Å². The highest BCUT2D eigenvalue weighted by atomic mass is 16.5. The predicted octanol–water partition coefficient (Wildman–Crippen LogP) is 2.49. The first-order valence-electron chi connectivity index (χ1n) is 8.53. The molecular formula is C18H27N3O2. The number of nitrogens with zero attached hydrogens (tertiary/aromatic N) is 1. The summed E-state index contributed by atoms with van der Waals surface area (Å²) in [6.07, 6.45) is 6.52. The van der Waals surface area contributed by atoms with Crippen molar-refractivity contribution in [2.45, 2.75) is 44.1 Å². The number of fused-ring (bicyclic) bond motifs is 1. The van der Waals surface area contributed by atoms with Crippen LogP contribution in [0.2, 0.25) is 0 Å². The number of rotatable bonds is 4. The second kappa shape index (κ2) is 7.32. The summed E-state index contributed by atoms with van der Waals surface area (Å²) in [6.45, 7) is 2.02. The van der Waals surface area contributed by atoms with Gasteiger partial charge in [-0.2, -0.15) is 0 Å². The number of nitrogens with two attached hydrogens (primary N) is 1. The molecule has 1 aliphatic carbocycles. The van der Waals surface area contributed by atoms with Gasteiger partial charge in [0, 0.05) is 38.9 Å². The van der Waals surface area contributed by atoms with E-state index in [4.69, 9.17) is 15.2 Å². The number of hydrogen-bond donors (Lipinski definition) is 2. The Morgan fingerprint density at radius 3 is 2.87 bits per heavy atom. The minimum absolute atomic E-state index is 0.235. The quantitative estimate of drug-likeness (QED) is 0.661. The number of guanidine groups is 1. The lowest BCUT2D eigenvalue weighted by Gasteiger charge is -2.34. The molecule has 0 aromatic heterocycles. The van der Waals surface area contributed by atoms with Gasteiger partial charge in [0.15, 0.2) is 5.96 Å². The van der Waals surface area contributed by atoms with Gasteiger partial charge in [0.05, 0.1) is 12.1 Å². The van der Waals surface area contributed by atoms with E-state index in [2.05, 4.69) is 28.5 Å². The Bertz CT molecular complexity index is 565. The first-order chi connectivity index (χ1) is 11.2. The molecule has 23 heavy (non-hydrogen) atoms. The Morgan fingerprint density at radius 1 is 1.30 bits per heavy atom. The van der Waals surface area contributed by atoms with Gasteiger partial charge in [-0.3, -0.25) is 4.99 Å². The topological polar surface area (TPSA) is 68.9 Å². The molecule has 5 nitrogen and oxygen atoms in total. The third kappa shape index (κ3) is 3.85. The van der Waals surface area contributed by atoms with E-state index in [1.165, 1.54) is 24.0 Å². The molecule has 2 aliphatic rings. The number of ether oxygens (including phenoxy) is 2. The normalized spacial score (nSPS) is 20.8. The molecule has 1 fully saturated rings. The van der Waals surface area contributed by atoms with Crippen LogP contribution in [-0.4, -0.2) is 38.4 Å². The largest absolute Gasteiger partial charge is 0.381 e. The van der Waals surface area contributed by atoms with Gasteiger partial charge in [0.2, 0.25) is 0 Å². The van der Waals surface area contributed by atoms with Crippen molar-refractivity contribution >= 4 is 11.6 Å². The van der Waals surface area contributed by atoms with E-state index in [9.17, 15) is 0 Å². The standard InChI is InChI=1S/C18H27N3O2/c1-22-18(9-11-23-12-10-18)13-20-17(19)21-16-8-4-6-14-5-2-3-7-15(14)16/h4,6,8H,2-3,5,7,9-13H2,1H3,(H3,19,20,21). The van der Waals surface area contributed by atoms with E-state index >= 15 is 0 Å². The summed E-state index contributed by atoms with van der Waals surface area (Å²) in [5.41, 5.74) is 9.82. The number of aryl methyl sites for hydroxylation is 1. The molecular weight excluding hydrogens is 290 g/mol. The Kier molecular flexibility index (Phi) is 5.18. The van der Waals surface area contributed by atoms with Gasteiger partial charge in [-0.15, -0.1) is 0 Å². The average Bonchev–Trinajstić information content (AvgIpc) is 2.61. The van der Waals surface area contributed by atoms with Crippen LogP contribution in [0.15, 0.2) is 23.2 Å². The Morgan fingerprint density at radius 2 is 2.09 bits per heavy atom. The van der Waals surface area contributed by atoms with Crippen molar-refractivity contribution in [1.29, 1.82) is 0 Å². The molecule has 1 aromatic rings. The summed E-state index contributed by atoms with van der Waals surface area (Å²) in [7, 11) is 1.75. The van der Waals surface area contributed by atoms with Crippen molar-refractivity contribution in [2.24, 2.45) is 10.7 Å². The summed E-state index contributed by atoms with van der Waals surface area (Å²) in [4.78, 5) is 4.54. The van der Waals surface area contributed by atoms with Gasteiger partial charge < -0.3 is 20.5 Å². The number of aliphatic imine (C=N–C) groups is 1. The van der Waals surface area contributed by atoms with Crippen molar-refractivity contribution < 1.29 is 9.47 Å². The summed E-state index contributed by atoms with van der Waals surface area (Å²) >= 11 is 0. The molecule has 0 saturated carbocycles. The van der Waals surface area contributed by atoms with Crippen LogP contribution in [0, 0.1) is 0 Å². The number of methoxy groups -OCH3 is 1. The fraction of sp³-hybridized carbons (Fsp3) is 0.611.